The minimum Gasteiger partial charge on any atom is -0.353 e. The van der Waals surface area contributed by atoms with Gasteiger partial charge in [-0.15, -0.1) is 0 Å². The molecule has 1 saturated heterocycles. The van der Waals surface area contributed by atoms with Crippen LogP contribution in [0.5, 0.6) is 0 Å². The number of fused-ring (bicyclic) bond motifs is 1. The fourth-order valence-corrected chi connectivity index (χ4v) is 3.44. The van der Waals surface area contributed by atoms with Crippen LogP contribution in [-0.2, 0) is 16.0 Å². The molecule has 1 fully saturated rings. The molecule has 0 radical (unpaired) electrons. The minimum absolute atomic E-state index is 0.00454. The predicted molar refractivity (Wildman–Crippen MR) is 82.2 cm³/mol. The summed E-state index contributed by atoms with van der Waals surface area (Å²) < 4.78 is 14.3. The third-order valence-electron chi connectivity index (χ3n) is 4.43. The van der Waals surface area contributed by atoms with Crippen LogP contribution in [-0.4, -0.2) is 24.4 Å². The molecule has 0 bridgehead atoms. The van der Waals surface area contributed by atoms with Gasteiger partial charge in [-0.2, -0.15) is 0 Å². The van der Waals surface area contributed by atoms with E-state index in [-0.39, 0.29) is 30.1 Å². The Bertz CT molecular complexity index is 615. The molecule has 118 valence electrons. The molecule has 0 saturated carbocycles. The first-order valence-electron chi connectivity index (χ1n) is 7.93. The number of aryl methyl sites for hydroxylation is 2. The van der Waals surface area contributed by atoms with Gasteiger partial charge in [0.25, 0.3) is 0 Å². The van der Waals surface area contributed by atoms with Crippen LogP contribution in [0, 0.1) is 12.7 Å². The number of nitrogens with one attached hydrogen (secondary N) is 1. The van der Waals surface area contributed by atoms with Gasteiger partial charge in [0.2, 0.25) is 11.8 Å². The zero-order valence-electron chi connectivity index (χ0n) is 12.8. The fraction of sp³-hybridized carbons (Fsp3) is 0.529. The van der Waals surface area contributed by atoms with Gasteiger partial charge in [-0.05, 0) is 49.8 Å². The van der Waals surface area contributed by atoms with E-state index in [1.165, 1.54) is 6.07 Å². The Kier molecular flexibility index (Phi) is 4.14. The first kappa shape index (κ1) is 15.0. The second kappa shape index (κ2) is 6.07. The second-order valence-electron chi connectivity index (χ2n) is 6.26. The molecule has 22 heavy (non-hydrogen) atoms. The lowest BCUT2D eigenvalue weighted by molar-refractivity contribution is -0.124. The van der Waals surface area contributed by atoms with E-state index in [1.54, 1.807) is 4.90 Å². The van der Waals surface area contributed by atoms with Crippen LogP contribution in [0.15, 0.2) is 12.1 Å². The van der Waals surface area contributed by atoms with Crippen LogP contribution in [0.25, 0.3) is 0 Å². The number of halogens is 1. The van der Waals surface area contributed by atoms with E-state index in [1.807, 2.05) is 13.0 Å². The van der Waals surface area contributed by atoms with Gasteiger partial charge in [-0.1, -0.05) is 6.07 Å². The SMILES string of the molecule is Cc1cc(F)c2c(c1)CCCN2C(=O)CC1CCCC(=O)N1. The number of hydrogen-bond acceptors (Lipinski definition) is 2. The van der Waals surface area contributed by atoms with E-state index in [2.05, 4.69) is 5.32 Å². The van der Waals surface area contributed by atoms with Crippen molar-refractivity contribution in [1.29, 1.82) is 0 Å². The third kappa shape index (κ3) is 2.98. The van der Waals surface area contributed by atoms with Crippen molar-refractivity contribution in [3.8, 4) is 0 Å². The van der Waals surface area contributed by atoms with Crippen molar-refractivity contribution in [1.82, 2.24) is 5.32 Å². The number of piperidine rings is 1. The Labute approximate surface area is 129 Å². The van der Waals surface area contributed by atoms with Gasteiger partial charge in [0.15, 0.2) is 0 Å². The molecule has 4 nitrogen and oxygen atoms in total. The second-order valence-corrected chi connectivity index (χ2v) is 6.26. The van der Waals surface area contributed by atoms with Gasteiger partial charge in [0.05, 0.1) is 5.69 Å². The fourth-order valence-electron chi connectivity index (χ4n) is 3.44. The largest absolute Gasteiger partial charge is 0.353 e. The highest BCUT2D eigenvalue weighted by molar-refractivity contribution is 5.95. The van der Waals surface area contributed by atoms with E-state index in [9.17, 15) is 14.0 Å². The maximum atomic E-state index is 14.3. The van der Waals surface area contributed by atoms with E-state index >= 15 is 0 Å². The number of benzene rings is 1. The molecule has 1 atom stereocenters. The number of hydrogen-bond donors (Lipinski definition) is 1. The van der Waals surface area contributed by atoms with Crippen molar-refractivity contribution in [2.24, 2.45) is 0 Å². The predicted octanol–water partition coefficient (Wildman–Crippen LogP) is 2.47. The minimum atomic E-state index is -0.323. The Morgan fingerprint density at radius 2 is 2.18 bits per heavy atom. The van der Waals surface area contributed by atoms with E-state index in [4.69, 9.17) is 0 Å². The van der Waals surface area contributed by atoms with Crippen molar-refractivity contribution in [2.45, 2.75) is 51.5 Å². The summed E-state index contributed by atoms with van der Waals surface area (Å²) in [5.74, 6) is -0.420. The molecule has 2 aliphatic rings. The molecule has 2 amide bonds. The number of carbonyl (C=O) groups excluding carboxylic acids is 2. The Morgan fingerprint density at radius 3 is 2.95 bits per heavy atom. The molecule has 2 aliphatic heterocycles. The molecular formula is C17H21FN2O2. The average molecular weight is 304 g/mol. The molecule has 1 unspecified atom stereocenters. The molecule has 1 aromatic carbocycles. The summed E-state index contributed by atoms with van der Waals surface area (Å²) in [7, 11) is 0. The van der Waals surface area contributed by atoms with Crippen molar-refractivity contribution in [2.75, 3.05) is 11.4 Å². The van der Waals surface area contributed by atoms with Crippen LogP contribution in [0.3, 0.4) is 0 Å². The summed E-state index contributed by atoms with van der Waals surface area (Å²) in [5.41, 5.74) is 2.22. The van der Waals surface area contributed by atoms with Gasteiger partial charge in [-0.3, -0.25) is 9.59 Å². The zero-order valence-corrected chi connectivity index (χ0v) is 12.8. The molecule has 2 heterocycles. The zero-order chi connectivity index (χ0) is 15.7. The van der Waals surface area contributed by atoms with Crippen molar-refractivity contribution < 1.29 is 14.0 Å². The average Bonchev–Trinajstić information content (AvgIpc) is 2.46. The first-order valence-corrected chi connectivity index (χ1v) is 7.93. The summed E-state index contributed by atoms with van der Waals surface area (Å²) in [6.45, 7) is 2.41. The Hall–Kier alpha value is -1.91. The van der Waals surface area contributed by atoms with Gasteiger partial charge >= 0.3 is 0 Å². The first-order chi connectivity index (χ1) is 10.5. The number of rotatable bonds is 2. The number of nitrogens with zero attached hydrogens (tertiary/aromatic N) is 1. The maximum absolute atomic E-state index is 14.3. The maximum Gasteiger partial charge on any atom is 0.229 e. The van der Waals surface area contributed by atoms with E-state index in [0.717, 1.165) is 36.8 Å². The van der Waals surface area contributed by atoms with Crippen LogP contribution < -0.4 is 10.2 Å². The highest BCUT2D eigenvalue weighted by Gasteiger charge is 2.29. The molecular weight excluding hydrogens is 283 g/mol. The van der Waals surface area contributed by atoms with Crippen LogP contribution in [0.2, 0.25) is 0 Å². The molecule has 0 aromatic heterocycles. The lowest BCUT2D eigenvalue weighted by Gasteiger charge is -2.32. The smallest absolute Gasteiger partial charge is 0.229 e. The van der Waals surface area contributed by atoms with E-state index in [0.29, 0.717) is 18.7 Å². The number of anilines is 1. The van der Waals surface area contributed by atoms with E-state index < -0.39 is 0 Å². The molecule has 1 N–H and O–H groups in total. The van der Waals surface area contributed by atoms with Crippen molar-refractivity contribution in [3.05, 3.63) is 29.1 Å². The van der Waals surface area contributed by atoms with Gasteiger partial charge in [0, 0.05) is 25.4 Å². The summed E-state index contributed by atoms with van der Waals surface area (Å²) in [6.07, 6.45) is 4.06. The van der Waals surface area contributed by atoms with Crippen molar-refractivity contribution in [3.63, 3.8) is 0 Å². The molecule has 3 rings (SSSR count). The molecule has 0 spiro atoms. The number of amides is 2. The lowest BCUT2D eigenvalue weighted by atomic mass is 9.97. The monoisotopic (exact) mass is 304 g/mol. The van der Waals surface area contributed by atoms with Gasteiger partial charge < -0.3 is 10.2 Å². The highest BCUT2D eigenvalue weighted by Crippen LogP contribution is 2.32. The summed E-state index contributed by atoms with van der Waals surface area (Å²) >= 11 is 0. The molecule has 5 heteroatoms. The molecule has 0 aliphatic carbocycles. The van der Waals surface area contributed by atoms with Gasteiger partial charge in [0.1, 0.15) is 5.82 Å². The molecule has 1 aromatic rings. The van der Waals surface area contributed by atoms with Crippen LogP contribution >= 0.6 is 0 Å². The topological polar surface area (TPSA) is 49.4 Å². The number of carbonyl (C=O) groups is 2. The van der Waals surface area contributed by atoms with Crippen LogP contribution in [0.4, 0.5) is 10.1 Å². The standard InChI is InChI=1S/C17H21FN2O2/c1-11-8-12-4-3-7-20(17(12)14(18)9-11)16(22)10-13-5-2-6-15(21)19-13/h8-9,13H,2-7,10H2,1H3,(H,19,21). The van der Waals surface area contributed by atoms with Crippen LogP contribution in [0.1, 0.15) is 43.2 Å². The van der Waals surface area contributed by atoms with Gasteiger partial charge in [-0.25, -0.2) is 4.39 Å². The third-order valence-corrected chi connectivity index (χ3v) is 4.43. The normalized spacial score (nSPS) is 21.3. The lowest BCUT2D eigenvalue weighted by Crippen LogP contribution is -2.44. The summed E-state index contributed by atoms with van der Waals surface area (Å²) in [5, 5.41) is 2.85. The summed E-state index contributed by atoms with van der Waals surface area (Å²) in [4.78, 5) is 25.6. The van der Waals surface area contributed by atoms with Crippen molar-refractivity contribution >= 4 is 17.5 Å². The quantitative estimate of drug-likeness (QED) is 0.912. The Balaban J connectivity index is 1.78. The Morgan fingerprint density at radius 1 is 1.36 bits per heavy atom. The highest BCUT2D eigenvalue weighted by atomic mass is 19.1. The summed E-state index contributed by atoms with van der Waals surface area (Å²) in [6, 6.07) is 3.32.